The van der Waals surface area contributed by atoms with Crippen molar-refractivity contribution < 1.29 is 23.5 Å². The molecule has 1 aliphatic rings. The van der Waals surface area contributed by atoms with Gasteiger partial charge in [-0.3, -0.25) is 9.69 Å². The predicted molar refractivity (Wildman–Crippen MR) is 110 cm³/mol. The normalized spacial score (nSPS) is 15.1. The third-order valence-electron chi connectivity index (χ3n) is 4.02. The Morgan fingerprint density at radius 2 is 1.89 bits per heavy atom. The molecule has 0 bridgehead atoms. The van der Waals surface area contributed by atoms with Crippen LogP contribution in [0.2, 0.25) is 0 Å². The number of hydrogen-bond acceptors (Lipinski definition) is 4. The number of carbonyl (C=O) groups excluding carboxylic acids is 2. The summed E-state index contributed by atoms with van der Waals surface area (Å²) in [6.45, 7) is 2.55. The van der Waals surface area contributed by atoms with Crippen LogP contribution in [-0.2, 0) is 11.4 Å². The van der Waals surface area contributed by atoms with E-state index in [1.807, 2.05) is 13.0 Å². The van der Waals surface area contributed by atoms with Gasteiger partial charge in [-0.05, 0) is 71.0 Å². The SMILES string of the molecule is CCOc1cc(/C=C2/NC(=O)N(C)C2=O)cc(I)c1OCc1ccc(F)cc1. The number of halogens is 2. The number of likely N-dealkylation sites (N-methyl/N-ethyl adjacent to an activating group) is 1. The van der Waals surface area contributed by atoms with E-state index in [0.29, 0.717) is 23.7 Å². The van der Waals surface area contributed by atoms with Crippen LogP contribution < -0.4 is 14.8 Å². The zero-order valence-electron chi connectivity index (χ0n) is 15.3. The Morgan fingerprint density at radius 1 is 1.18 bits per heavy atom. The molecule has 0 aromatic heterocycles. The van der Waals surface area contributed by atoms with E-state index in [0.717, 1.165) is 14.0 Å². The lowest BCUT2D eigenvalue weighted by molar-refractivity contribution is -0.121. The third-order valence-corrected chi connectivity index (χ3v) is 4.82. The van der Waals surface area contributed by atoms with Crippen LogP contribution in [0.1, 0.15) is 18.1 Å². The van der Waals surface area contributed by atoms with E-state index >= 15 is 0 Å². The summed E-state index contributed by atoms with van der Waals surface area (Å²) in [4.78, 5) is 24.7. The van der Waals surface area contributed by atoms with Crippen LogP contribution in [0.5, 0.6) is 11.5 Å². The maximum Gasteiger partial charge on any atom is 0.328 e. The van der Waals surface area contributed by atoms with Gasteiger partial charge in [0.05, 0.1) is 10.2 Å². The number of urea groups is 1. The Hall–Kier alpha value is -2.62. The minimum Gasteiger partial charge on any atom is -0.490 e. The molecule has 1 fully saturated rings. The summed E-state index contributed by atoms with van der Waals surface area (Å²) in [7, 11) is 1.42. The number of carbonyl (C=O) groups is 2. The molecular formula is C20H18FIN2O4. The van der Waals surface area contributed by atoms with Crippen LogP contribution in [0, 0.1) is 9.39 Å². The molecular weight excluding hydrogens is 478 g/mol. The third kappa shape index (κ3) is 4.44. The molecule has 0 aliphatic carbocycles. The summed E-state index contributed by atoms with van der Waals surface area (Å²) < 4.78 is 25.4. The van der Waals surface area contributed by atoms with E-state index in [-0.39, 0.29) is 18.1 Å². The number of benzene rings is 2. The van der Waals surface area contributed by atoms with Gasteiger partial charge >= 0.3 is 6.03 Å². The average Bonchev–Trinajstić information content (AvgIpc) is 2.89. The Bertz CT molecular complexity index is 944. The maximum atomic E-state index is 13.0. The number of imide groups is 1. The van der Waals surface area contributed by atoms with E-state index in [1.165, 1.54) is 19.2 Å². The topological polar surface area (TPSA) is 67.9 Å². The first-order valence-electron chi connectivity index (χ1n) is 8.53. The maximum absolute atomic E-state index is 13.0. The molecule has 0 unspecified atom stereocenters. The highest BCUT2D eigenvalue weighted by Crippen LogP contribution is 2.35. The van der Waals surface area contributed by atoms with Crippen molar-refractivity contribution in [2.24, 2.45) is 0 Å². The predicted octanol–water partition coefficient (Wildman–Crippen LogP) is 3.93. The first-order chi connectivity index (χ1) is 13.4. The molecule has 146 valence electrons. The fourth-order valence-electron chi connectivity index (χ4n) is 2.60. The quantitative estimate of drug-likeness (QED) is 0.374. The standard InChI is InChI=1S/C20H18FIN2O4/c1-3-27-17-10-13(9-16-19(25)24(2)20(26)23-16)8-15(22)18(17)28-11-12-4-6-14(21)7-5-12/h4-10H,3,11H2,1-2H3,(H,23,26)/b16-9+. The van der Waals surface area contributed by atoms with E-state index in [4.69, 9.17) is 9.47 Å². The number of hydrogen-bond donors (Lipinski definition) is 1. The number of ether oxygens (including phenoxy) is 2. The Balaban J connectivity index is 1.86. The molecule has 0 saturated carbocycles. The fourth-order valence-corrected chi connectivity index (χ4v) is 3.38. The molecule has 1 aliphatic heterocycles. The summed E-state index contributed by atoms with van der Waals surface area (Å²) >= 11 is 2.12. The molecule has 8 heteroatoms. The lowest BCUT2D eigenvalue weighted by Gasteiger charge is -2.15. The van der Waals surface area contributed by atoms with Crippen molar-refractivity contribution in [3.8, 4) is 11.5 Å². The van der Waals surface area contributed by atoms with Crippen molar-refractivity contribution in [2.45, 2.75) is 13.5 Å². The monoisotopic (exact) mass is 496 g/mol. The Morgan fingerprint density at radius 3 is 2.50 bits per heavy atom. The van der Waals surface area contributed by atoms with E-state index in [1.54, 1.807) is 24.3 Å². The van der Waals surface area contributed by atoms with Crippen LogP contribution in [0.3, 0.4) is 0 Å². The van der Waals surface area contributed by atoms with E-state index in [9.17, 15) is 14.0 Å². The molecule has 2 aromatic rings. The van der Waals surface area contributed by atoms with Gasteiger partial charge in [0.25, 0.3) is 5.91 Å². The van der Waals surface area contributed by atoms with Gasteiger partial charge in [0, 0.05) is 7.05 Å². The molecule has 1 N–H and O–H groups in total. The second-order valence-corrected chi connectivity index (χ2v) is 7.19. The number of rotatable bonds is 6. The highest BCUT2D eigenvalue weighted by atomic mass is 127. The average molecular weight is 496 g/mol. The zero-order valence-corrected chi connectivity index (χ0v) is 17.4. The highest BCUT2D eigenvalue weighted by Gasteiger charge is 2.30. The van der Waals surface area contributed by atoms with Crippen LogP contribution >= 0.6 is 22.6 Å². The first-order valence-corrected chi connectivity index (χ1v) is 9.61. The Labute approximate surface area is 175 Å². The lowest BCUT2D eigenvalue weighted by Crippen LogP contribution is -2.25. The van der Waals surface area contributed by atoms with E-state index in [2.05, 4.69) is 27.9 Å². The number of nitrogens with zero attached hydrogens (tertiary/aromatic N) is 1. The molecule has 1 heterocycles. The molecule has 0 atom stereocenters. The lowest BCUT2D eigenvalue weighted by atomic mass is 10.1. The molecule has 0 radical (unpaired) electrons. The largest absolute Gasteiger partial charge is 0.490 e. The smallest absolute Gasteiger partial charge is 0.328 e. The summed E-state index contributed by atoms with van der Waals surface area (Å²) in [5, 5.41) is 2.53. The van der Waals surface area contributed by atoms with E-state index < -0.39 is 11.9 Å². The molecule has 0 spiro atoms. The minimum atomic E-state index is -0.463. The zero-order chi connectivity index (χ0) is 20.3. The summed E-state index contributed by atoms with van der Waals surface area (Å²) in [6, 6.07) is 9.19. The molecule has 6 nitrogen and oxygen atoms in total. The summed E-state index contributed by atoms with van der Waals surface area (Å²) in [5.74, 6) is 0.390. The van der Waals surface area contributed by atoms with Crippen molar-refractivity contribution >= 4 is 40.6 Å². The van der Waals surface area contributed by atoms with Gasteiger partial charge in [0.15, 0.2) is 11.5 Å². The number of amides is 3. The molecule has 3 amide bonds. The van der Waals surface area contributed by atoms with Crippen molar-refractivity contribution in [1.82, 2.24) is 10.2 Å². The van der Waals surface area contributed by atoms with Crippen molar-refractivity contribution in [3.63, 3.8) is 0 Å². The van der Waals surface area contributed by atoms with Gasteiger partial charge in [-0.25, -0.2) is 9.18 Å². The van der Waals surface area contributed by atoms with Gasteiger partial charge in [-0.15, -0.1) is 0 Å². The number of nitrogens with one attached hydrogen (secondary N) is 1. The van der Waals surface area contributed by atoms with Crippen LogP contribution in [-0.4, -0.2) is 30.5 Å². The highest BCUT2D eigenvalue weighted by molar-refractivity contribution is 14.1. The van der Waals surface area contributed by atoms with Crippen LogP contribution in [0.4, 0.5) is 9.18 Å². The summed E-state index contributed by atoms with van der Waals surface area (Å²) in [6.07, 6.45) is 1.60. The van der Waals surface area contributed by atoms with Gasteiger partial charge < -0.3 is 14.8 Å². The van der Waals surface area contributed by atoms with Crippen molar-refractivity contribution in [1.29, 1.82) is 0 Å². The second-order valence-electron chi connectivity index (χ2n) is 6.03. The summed E-state index contributed by atoms with van der Waals surface area (Å²) in [5.41, 5.74) is 1.72. The molecule has 3 rings (SSSR count). The van der Waals surface area contributed by atoms with Crippen LogP contribution in [0.25, 0.3) is 6.08 Å². The minimum absolute atomic E-state index is 0.200. The van der Waals surface area contributed by atoms with Crippen molar-refractivity contribution in [2.75, 3.05) is 13.7 Å². The first kappa shape index (κ1) is 20.1. The van der Waals surface area contributed by atoms with Gasteiger partial charge in [-0.2, -0.15) is 0 Å². The fraction of sp³-hybridized carbons (Fsp3) is 0.200. The van der Waals surface area contributed by atoms with Gasteiger partial charge in [0.1, 0.15) is 18.1 Å². The van der Waals surface area contributed by atoms with Crippen molar-refractivity contribution in [3.05, 3.63) is 62.6 Å². The molecule has 2 aromatic carbocycles. The van der Waals surface area contributed by atoms with Gasteiger partial charge in [-0.1, -0.05) is 12.1 Å². The molecule has 28 heavy (non-hydrogen) atoms. The molecule has 1 saturated heterocycles. The van der Waals surface area contributed by atoms with Crippen LogP contribution in [0.15, 0.2) is 42.1 Å². The Kier molecular flexibility index (Phi) is 6.18. The van der Waals surface area contributed by atoms with Gasteiger partial charge in [0.2, 0.25) is 0 Å². The second kappa shape index (κ2) is 8.59.